The molecule has 0 fully saturated rings. The van der Waals surface area contributed by atoms with Crippen LogP contribution in [0.5, 0.6) is 0 Å². The number of fused-ring (bicyclic) bond motifs is 1. The van der Waals surface area contributed by atoms with E-state index in [1.54, 1.807) is 19.1 Å². The summed E-state index contributed by atoms with van der Waals surface area (Å²) in [5.74, 6) is -0.712. The number of thiophene rings is 1. The van der Waals surface area contributed by atoms with Gasteiger partial charge in [0.05, 0.1) is 17.2 Å². The molecule has 1 aromatic carbocycles. The Kier molecular flexibility index (Phi) is 4.36. The fourth-order valence-electron chi connectivity index (χ4n) is 2.39. The van der Waals surface area contributed by atoms with E-state index in [2.05, 4.69) is 10.3 Å². The molecular weight excluding hydrogens is 315 g/mol. The van der Waals surface area contributed by atoms with Gasteiger partial charge in [0.2, 0.25) is 0 Å². The predicted molar refractivity (Wildman–Crippen MR) is 88.1 cm³/mol. The van der Waals surface area contributed by atoms with Gasteiger partial charge in [-0.15, -0.1) is 0 Å². The predicted octanol–water partition coefficient (Wildman–Crippen LogP) is 3.21. The lowest BCUT2D eigenvalue weighted by Gasteiger charge is -2.12. The Bertz CT molecular complexity index is 844. The second kappa shape index (κ2) is 6.44. The number of aryl methyl sites for hydroxylation is 1. The molecule has 2 aromatic heterocycles. The van der Waals surface area contributed by atoms with Gasteiger partial charge in [-0.2, -0.15) is 11.3 Å². The first-order valence-corrected chi connectivity index (χ1v) is 8.04. The van der Waals surface area contributed by atoms with Crippen LogP contribution in [-0.4, -0.2) is 22.5 Å². The quantitative estimate of drug-likeness (QED) is 0.772. The Morgan fingerprint density at radius 2 is 2.22 bits per heavy atom. The van der Waals surface area contributed by atoms with Crippen molar-refractivity contribution in [2.24, 2.45) is 0 Å². The van der Waals surface area contributed by atoms with Crippen molar-refractivity contribution in [3.63, 3.8) is 0 Å². The third-order valence-corrected chi connectivity index (χ3v) is 4.23. The number of nitrogens with one attached hydrogen (secondary N) is 1. The number of hydrogen-bond acceptors (Lipinski definition) is 4. The molecule has 0 radical (unpaired) electrons. The van der Waals surface area contributed by atoms with Crippen LogP contribution in [0.1, 0.15) is 27.7 Å². The number of aliphatic hydroxyl groups excluding tert-OH is 1. The lowest BCUT2D eigenvalue weighted by molar-refractivity contribution is 0.0918. The highest BCUT2D eigenvalue weighted by Crippen LogP contribution is 2.20. The number of nitrogens with zero attached hydrogens (tertiary/aromatic N) is 1. The molecule has 4 nitrogen and oxygen atoms in total. The highest BCUT2D eigenvalue weighted by Gasteiger charge is 2.15. The van der Waals surface area contributed by atoms with E-state index in [1.807, 2.05) is 16.8 Å². The Balaban J connectivity index is 1.83. The molecule has 3 aromatic rings. The number of hydrogen-bond donors (Lipinski definition) is 2. The maximum atomic E-state index is 13.3. The molecule has 0 aliphatic carbocycles. The van der Waals surface area contributed by atoms with Gasteiger partial charge in [-0.1, -0.05) is 0 Å². The third kappa shape index (κ3) is 3.38. The van der Waals surface area contributed by atoms with Crippen LogP contribution < -0.4 is 5.32 Å². The van der Waals surface area contributed by atoms with Crippen molar-refractivity contribution in [1.82, 2.24) is 10.3 Å². The van der Waals surface area contributed by atoms with E-state index >= 15 is 0 Å². The topological polar surface area (TPSA) is 62.2 Å². The molecule has 118 valence electrons. The number of pyridine rings is 1. The molecule has 1 atom stereocenters. The SMILES string of the molecule is Cc1cc(C(=O)NCC(O)c2ccsc2)c2ccc(F)cc2n1. The van der Waals surface area contributed by atoms with Crippen molar-refractivity contribution in [2.45, 2.75) is 13.0 Å². The van der Waals surface area contributed by atoms with E-state index < -0.39 is 11.9 Å². The molecule has 0 bridgehead atoms. The molecule has 0 aliphatic heterocycles. The number of amides is 1. The Labute approximate surface area is 136 Å². The maximum Gasteiger partial charge on any atom is 0.252 e. The van der Waals surface area contributed by atoms with Gasteiger partial charge in [0, 0.05) is 23.7 Å². The summed E-state index contributed by atoms with van der Waals surface area (Å²) >= 11 is 1.49. The van der Waals surface area contributed by atoms with Gasteiger partial charge in [-0.3, -0.25) is 9.78 Å². The number of rotatable bonds is 4. The number of carbonyl (C=O) groups excluding carboxylic acids is 1. The highest BCUT2D eigenvalue weighted by molar-refractivity contribution is 7.07. The molecular formula is C17H15FN2O2S. The average molecular weight is 330 g/mol. The largest absolute Gasteiger partial charge is 0.387 e. The first-order valence-electron chi connectivity index (χ1n) is 7.10. The van der Waals surface area contributed by atoms with Crippen LogP contribution in [0.4, 0.5) is 4.39 Å². The standard InChI is InChI=1S/C17H15FN2O2S/c1-10-6-14(13-3-2-12(18)7-15(13)20-10)17(22)19-8-16(21)11-4-5-23-9-11/h2-7,9,16,21H,8H2,1H3,(H,19,22). The first kappa shape index (κ1) is 15.6. The van der Waals surface area contributed by atoms with Gasteiger partial charge in [0.15, 0.2) is 0 Å². The zero-order valence-electron chi connectivity index (χ0n) is 12.4. The lowest BCUT2D eigenvalue weighted by atomic mass is 10.1. The summed E-state index contributed by atoms with van der Waals surface area (Å²) in [7, 11) is 0. The van der Waals surface area contributed by atoms with Crippen LogP contribution in [0.15, 0.2) is 41.1 Å². The van der Waals surface area contributed by atoms with Crippen LogP contribution in [0.25, 0.3) is 10.9 Å². The summed E-state index contributed by atoms with van der Waals surface area (Å²) in [5, 5.41) is 17.0. The minimum Gasteiger partial charge on any atom is -0.387 e. The lowest BCUT2D eigenvalue weighted by Crippen LogP contribution is -2.28. The highest BCUT2D eigenvalue weighted by atomic mass is 32.1. The molecule has 3 rings (SSSR count). The number of carbonyl (C=O) groups is 1. The van der Waals surface area contributed by atoms with E-state index in [0.717, 1.165) is 5.56 Å². The molecule has 1 unspecified atom stereocenters. The normalized spacial score (nSPS) is 12.3. The van der Waals surface area contributed by atoms with Crippen molar-refractivity contribution in [3.8, 4) is 0 Å². The summed E-state index contributed by atoms with van der Waals surface area (Å²) in [6, 6.07) is 7.62. The fourth-order valence-corrected chi connectivity index (χ4v) is 3.10. The average Bonchev–Trinajstić information content (AvgIpc) is 3.05. The summed E-state index contributed by atoms with van der Waals surface area (Å²) in [4.78, 5) is 16.7. The molecule has 0 saturated heterocycles. The minimum atomic E-state index is -0.753. The van der Waals surface area contributed by atoms with Gasteiger partial charge in [-0.05, 0) is 47.5 Å². The molecule has 1 amide bonds. The number of aliphatic hydroxyl groups is 1. The fraction of sp³-hybridized carbons (Fsp3) is 0.176. The Morgan fingerprint density at radius 3 is 2.96 bits per heavy atom. The van der Waals surface area contributed by atoms with E-state index in [-0.39, 0.29) is 12.5 Å². The van der Waals surface area contributed by atoms with Gasteiger partial charge < -0.3 is 10.4 Å². The van der Waals surface area contributed by atoms with Crippen molar-refractivity contribution in [2.75, 3.05) is 6.54 Å². The van der Waals surface area contributed by atoms with Crippen molar-refractivity contribution in [3.05, 3.63) is 63.7 Å². The first-order chi connectivity index (χ1) is 11.0. The van der Waals surface area contributed by atoms with Crippen LogP contribution in [0, 0.1) is 12.7 Å². The zero-order valence-corrected chi connectivity index (χ0v) is 13.2. The molecule has 6 heteroatoms. The van der Waals surface area contributed by atoms with Crippen LogP contribution in [-0.2, 0) is 0 Å². The van der Waals surface area contributed by atoms with Crippen LogP contribution in [0.3, 0.4) is 0 Å². The van der Waals surface area contributed by atoms with Crippen molar-refractivity contribution in [1.29, 1.82) is 0 Å². The molecule has 0 saturated carbocycles. The van der Waals surface area contributed by atoms with Crippen LogP contribution in [0.2, 0.25) is 0 Å². The molecule has 2 N–H and O–H groups in total. The number of aromatic nitrogens is 1. The number of benzene rings is 1. The van der Waals surface area contributed by atoms with Gasteiger partial charge in [0.1, 0.15) is 5.82 Å². The minimum absolute atomic E-state index is 0.111. The monoisotopic (exact) mass is 330 g/mol. The van der Waals surface area contributed by atoms with E-state index in [4.69, 9.17) is 0 Å². The maximum absolute atomic E-state index is 13.3. The summed E-state index contributed by atoms with van der Waals surface area (Å²) in [6.07, 6.45) is -0.753. The molecule has 2 heterocycles. The van der Waals surface area contributed by atoms with E-state index in [1.165, 1.54) is 23.5 Å². The second-order valence-corrected chi connectivity index (χ2v) is 6.04. The summed E-state index contributed by atoms with van der Waals surface area (Å²) < 4.78 is 13.3. The Hall–Kier alpha value is -2.31. The molecule has 23 heavy (non-hydrogen) atoms. The third-order valence-electron chi connectivity index (χ3n) is 3.53. The molecule has 0 aliphatic rings. The smallest absolute Gasteiger partial charge is 0.252 e. The van der Waals surface area contributed by atoms with Gasteiger partial charge in [0.25, 0.3) is 5.91 Å². The second-order valence-electron chi connectivity index (χ2n) is 5.26. The summed E-state index contributed by atoms with van der Waals surface area (Å²) in [5.41, 5.74) is 2.26. The number of halogens is 1. The Morgan fingerprint density at radius 1 is 1.39 bits per heavy atom. The summed E-state index contributed by atoms with van der Waals surface area (Å²) in [6.45, 7) is 1.86. The van der Waals surface area contributed by atoms with Gasteiger partial charge in [-0.25, -0.2) is 4.39 Å². The van der Waals surface area contributed by atoms with Crippen LogP contribution >= 0.6 is 11.3 Å². The van der Waals surface area contributed by atoms with Gasteiger partial charge >= 0.3 is 0 Å². The van der Waals surface area contributed by atoms with E-state index in [0.29, 0.717) is 22.2 Å². The van der Waals surface area contributed by atoms with Crippen molar-refractivity contribution >= 4 is 28.1 Å². The molecule has 0 spiro atoms. The van der Waals surface area contributed by atoms with E-state index in [9.17, 15) is 14.3 Å². The van der Waals surface area contributed by atoms with Crippen molar-refractivity contribution < 1.29 is 14.3 Å². The zero-order chi connectivity index (χ0) is 16.4.